The van der Waals surface area contributed by atoms with Crippen LogP contribution in [0.4, 0.5) is 5.69 Å². The van der Waals surface area contributed by atoms with Crippen LogP contribution in [0.25, 0.3) is 10.9 Å². The summed E-state index contributed by atoms with van der Waals surface area (Å²) in [5.74, 6) is 0. The van der Waals surface area contributed by atoms with Gasteiger partial charge in [0.25, 0.3) is 0 Å². The molecule has 6 heteroatoms. The summed E-state index contributed by atoms with van der Waals surface area (Å²) in [6.45, 7) is 9.02. The molecule has 1 unspecified atom stereocenters. The topological polar surface area (TPSA) is 59.5 Å². The number of rotatable bonds is 5. The van der Waals surface area contributed by atoms with Crippen molar-refractivity contribution in [3.63, 3.8) is 0 Å². The van der Waals surface area contributed by atoms with Crippen molar-refractivity contribution in [2.24, 2.45) is 0 Å². The van der Waals surface area contributed by atoms with E-state index in [-0.39, 0.29) is 5.60 Å². The van der Waals surface area contributed by atoms with Gasteiger partial charge in [0.15, 0.2) is 0 Å². The van der Waals surface area contributed by atoms with Crippen molar-refractivity contribution >= 4 is 16.6 Å². The molecule has 2 fully saturated rings. The van der Waals surface area contributed by atoms with E-state index in [1.807, 2.05) is 6.20 Å². The fourth-order valence-corrected chi connectivity index (χ4v) is 3.84. The summed E-state index contributed by atoms with van der Waals surface area (Å²) in [5, 5.41) is 4.67. The van der Waals surface area contributed by atoms with E-state index < -0.39 is 0 Å². The molecule has 6 nitrogen and oxygen atoms in total. The first kappa shape index (κ1) is 17.5. The summed E-state index contributed by atoms with van der Waals surface area (Å²) in [6, 6.07) is 5.69. The van der Waals surface area contributed by atoms with Crippen molar-refractivity contribution in [3.05, 3.63) is 23.9 Å². The Morgan fingerprint density at radius 1 is 1.23 bits per heavy atom. The van der Waals surface area contributed by atoms with E-state index >= 15 is 0 Å². The van der Waals surface area contributed by atoms with Gasteiger partial charge in [-0.3, -0.25) is 0 Å². The minimum atomic E-state index is -0.123. The summed E-state index contributed by atoms with van der Waals surface area (Å²) in [4.78, 5) is 11.6. The van der Waals surface area contributed by atoms with E-state index in [0.29, 0.717) is 24.7 Å². The molecule has 4 rings (SSSR count). The number of piperazine rings is 1. The van der Waals surface area contributed by atoms with Crippen LogP contribution in [-0.4, -0.2) is 54.5 Å². The first-order valence-corrected chi connectivity index (χ1v) is 9.45. The SMILES string of the molecule is COC1(COc2ncc3c(N4CC(C)N[C@H](C)C4)ccc(C)c3n2)CC1. The zero-order chi connectivity index (χ0) is 18.3. The molecule has 2 aromatic rings. The molecule has 140 valence electrons. The van der Waals surface area contributed by atoms with Gasteiger partial charge in [0.05, 0.1) is 5.52 Å². The smallest absolute Gasteiger partial charge is 0.317 e. The first-order chi connectivity index (χ1) is 12.5. The second kappa shape index (κ2) is 6.67. The molecular weight excluding hydrogens is 328 g/mol. The Bertz CT molecular complexity index is 796. The number of aromatic nitrogens is 2. The number of aryl methyl sites for hydroxylation is 1. The van der Waals surface area contributed by atoms with Gasteiger partial charge in [-0.25, -0.2) is 4.98 Å². The Morgan fingerprint density at radius 3 is 2.62 bits per heavy atom. The minimum absolute atomic E-state index is 0.123. The maximum absolute atomic E-state index is 5.84. The van der Waals surface area contributed by atoms with Crippen LogP contribution >= 0.6 is 0 Å². The number of hydrogen-bond donors (Lipinski definition) is 1. The minimum Gasteiger partial charge on any atom is -0.460 e. The molecule has 0 spiro atoms. The van der Waals surface area contributed by atoms with Gasteiger partial charge in [0.1, 0.15) is 12.2 Å². The van der Waals surface area contributed by atoms with Crippen molar-refractivity contribution in [2.75, 3.05) is 31.7 Å². The number of nitrogens with zero attached hydrogens (tertiary/aromatic N) is 3. The molecule has 2 atom stereocenters. The highest BCUT2D eigenvalue weighted by Gasteiger charge is 2.44. The highest BCUT2D eigenvalue weighted by molar-refractivity contribution is 5.93. The molecule has 1 N–H and O–H groups in total. The summed E-state index contributed by atoms with van der Waals surface area (Å²) in [5.41, 5.74) is 3.18. The number of nitrogens with one attached hydrogen (secondary N) is 1. The summed E-state index contributed by atoms with van der Waals surface area (Å²) in [7, 11) is 1.74. The standard InChI is InChI=1S/C20H28N4O2/c1-13-5-6-17(24-10-14(2)22-15(3)11-24)16-9-21-19(23-18(13)16)26-12-20(25-4)7-8-20/h5-6,9,14-15,22H,7-8,10-12H2,1-4H3/t14-,15?/m1/s1. The predicted molar refractivity (Wildman–Crippen MR) is 103 cm³/mol. The highest BCUT2D eigenvalue weighted by atomic mass is 16.5. The van der Waals surface area contributed by atoms with Crippen molar-refractivity contribution in [1.82, 2.24) is 15.3 Å². The third-order valence-electron chi connectivity index (χ3n) is 5.51. The first-order valence-electron chi connectivity index (χ1n) is 9.45. The van der Waals surface area contributed by atoms with E-state index in [0.717, 1.165) is 42.4 Å². The molecule has 0 bridgehead atoms. The number of benzene rings is 1. The molecule has 1 aromatic heterocycles. The quantitative estimate of drug-likeness (QED) is 0.889. The molecule has 26 heavy (non-hydrogen) atoms. The Kier molecular flexibility index (Phi) is 4.49. The van der Waals surface area contributed by atoms with Gasteiger partial charge in [0.2, 0.25) is 0 Å². The van der Waals surface area contributed by atoms with E-state index in [1.165, 1.54) is 5.69 Å². The predicted octanol–water partition coefficient (Wildman–Crippen LogP) is 2.68. The Labute approximate surface area is 154 Å². The van der Waals surface area contributed by atoms with E-state index in [2.05, 4.69) is 48.1 Å². The average molecular weight is 356 g/mol. The van der Waals surface area contributed by atoms with Gasteiger partial charge >= 0.3 is 6.01 Å². The maximum atomic E-state index is 5.84. The van der Waals surface area contributed by atoms with Crippen LogP contribution in [-0.2, 0) is 4.74 Å². The third-order valence-corrected chi connectivity index (χ3v) is 5.51. The monoisotopic (exact) mass is 356 g/mol. The zero-order valence-electron chi connectivity index (χ0n) is 16.1. The largest absolute Gasteiger partial charge is 0.460 e. The number of ether oxygens (including phenoxy) is 2. The summed E-state index contributed by atoms with van der Waals surface area (Å²) < 4.78 is 11.3. The van der Waals surface area contributed by atoms with Crippen LogP contribution in [0, 0.1) is 6.92 Å². The lowest BCUT2D eigenvalue weighted by molar-refractivity contribution is 0.0340. The maximum Gasteiger partial charge on any atom is 0.317 e. The molecule has 0 radical (unpaired) electrons. The average Bonchev–Trinajstić information content (AvgIpc) is 3.40. The van der Waals surface area contributed by atoms with Gasteiger partial charge in [-0.1, -0.05) is 6.07 Å². The number of fused-ring (bicyclic) bond motifs is 1. The Morgan fingerprint density at radius 2 is 1.96 bits per heavy atom. The molecule has 1 aliphatic heterocycles. The van der Waals surface area contributed by atoms with Crippen LogP contribution in [0.2, 0.25) is 0 Å². The highest BCUT2D eigenvalue weighted by Crippen LogP contribution is 2.39. The molecule has 2 aliphatic rings. The van der Waals surface area contributed by atoms with Crippen LogP contribution in [0.1, 0.15) is 32.3 Å². The van der Waals surface area contributed by atoms with Crippen molar-refractivity contribution < 1.29 is 9.47 Å². The second-order valence-corrected chi connectivity index (χ2v) is 7.87. The lowest BCUT2D eigenvalue weighted by atomic mass is 10.1. The van der Waals surface area contributed by atoms with Crippen LogP contribution < -0.4 is 15.0 Å². The number of anilines is 1. The van der Waals surface area contributed by atoms with Crippen molar-refractivity contribution in [1.29, 1.82) is 0 Å². The molecule has 1 saturated carbocycles. The van der Waals surface area contributed by atoms with Gasteiger partial charge in [0, 0.05) is 49.6 Å². The fraction of sp³-hybridized carbons (Fsp3) is 0.600. The van der Waals surface area contributed by atoms with Crippen molar-refractivity contribution in [3.8, 4) is 6.01 Å². The molecule has 0 amide bonds. The lowest BCUT2D eigenvalue weighted by Gasteiger charge is -2.38. The third kappa shape index (κ3) is 3.35. The molecule has 1 aliphatic carbocycles. The molecule has 1 saturated heterocycles. The van der Waals surface area contributed by atoms with Crippen LogP contribution in [0.15, 0.2) is 18.3 Å². The van der Waals surface area contributed by atoms with E-state index in [9.17, 15) is 0 Å². The van der Waals surface area contributed by atoms with Crippen LogP contribution in [0.3, 0.4) is 0 Å². The summed E-state index contributed by atoms with van der Waals surface area (Å²) >= 11 is 0. The zero-order valence-corrected chi connectivity index (χ0v) is 16.1. The fourth-order valence-electron chi connectivity index (χ4n) is 3.84. The number of hydrogen-bond acceptors (Lipinski definition) is 6. The van der Waals surface area contributed by atoms with Crippen molar-refractivity contribution in [2.45, 2.75) is 51.3 Å². The van der Waals surface area contributed by atoms with Gasteiger partial charge in [-0.2, -0.15) is 4.98 Å². The molecular formula is C20H28N4O2. The Balaban J connectivity index is 1.62. The van der Waals surface area contributed by atoms with Crippen LogP contribution in [0.5, 0.6) is 6.01 Å². The lowest BCUT2D eigenvalue weighted by Crippen LogP contribution is -2.54. The summed E-state index contributed by atoms with van der Waals surface area (Å²) in [6.07, 6.45) is 3.99. The normalized spacial score (nSPS) is 24.7. The second-order valence-electron chi connectivity index (χ2n) is 7.87. The van der Waals surface area contributed by atoms with E-state index in [4.69, 9.17) is 14.5 Å². The van der Waals surface area contributed by atoms with Gasteiger partial charge in [-0.05, 0) is 45.2 Å². The number of methoxy groups -OCH3 is 1. The Hall–Kier alpha value is -1.92. The van der Waals surface area contributed by atoms with Gasteiger partial charge in [-0.15, -0.1) is 0 Å². The molecule has 1 aromatic carbocycles. The van der Waals surface area contributed by atoms with Gasteiger partial charge < -0.3 is 19.7 Å². The van der Waals surface area contributed by atoms with E-state index in [1.54, 1.807) is 7.11 Å². The molecule has 2 heterocycles.